The average molecular weight is 451 g/mol. The van der Waals surface area contributed by atoms with E-state index >= 15 is 0 Å². The van der Waals surface area contributed by atoms with Crippen LogP contribution >= 0.6 is 0 Å². The Morgan fingerprint density at radius 1 is 1.12 bits per heavy atom. The van der Waals surface area contributed by atoms with Crippen LogP contribution in [0.2, 0.25) is 0 Å². The monoisotopic (exact) mass is 450 g/mol. The molecule has 4 rings (SSSR count). The third-order valence-corrected chi connectivity index (χ3v) is 7.47. The lowest BCUT2D eigenvalue weighted by Crippen LogP contribution is -2.30. The van der Waals surface area contributed by atoms with Gasteiger partial charge in [-0.25, -0.2) is 13.4 Å². The lowest BCUT2D eigenvalue weighted by molar-refractivity contribution is 0.0957. The van der Waals surface area contributed by atoms with Gasteiger partial charge >= 0.3 is 0 Å². The third kappa shape index (κ3) is 4.53. The summed E-state index contributed by atoms with van der Waals surface area (Å²) < 4.78 is 28.8. The van der Waals surface area contributed by atoms with E-state index in [-0.39, 0.29) is 24.0 Å². The lowest BCUT2D eigenvalue weighted by Gasteiger charge is -2.13. The number of pyridine rings is 1. The molecule has 0 saturated carbocycles. The van der Waals surface area contributed by atoms with Crippen LogP contribution in [-0.2, 0) is 16.3 Å². The zero-order valence-electron chi connectivity index (χ0n) is 18.2. The SMILES string of the molecule is CCS(=O)(=O)CCNC(=O)c1c2c(nc3ccccc13)/C(=C\c1ccc(OC)cc1)CC2. The molecule has 7 heteroatoms. The van der Waals surface area contributed by atoms with Gasteiger partial charge in [-0.3, -0.25) is 4.79 Å². The van der Waals surface area contributed by atoms with Gasteiger partial charge in [-0.2, -0.15) is 0 Å². The molecule has 0 fully saturated rings. The normalized spacial score (nSPS) is 14.5. The quantitative estimate of drug-likeness (QED) is 0.590. The van der Waals surface area contributed by atoms with Crippen molar-refractivity contribution in [1.29, 1.82) is 0 Å². The maximum atomic E-state index is 13.2. The first-order valence-corrected chi connectivity index (χ1v) is 12.5. The molecule has 1 aliphatic rings. The van der Waals surface area contributed by atoms with Crippen molar-refractivity contribution in [3.05, 3.63) is 70.9 Å². The number of allylic oxidation sites excluding steroid dienone is 1. The van der Waals surface area contributed by atoms with Gasteiger partial charge in [0.1, 0.15) is 5.75 Å². The van der Waals surface area contributed by atoms with Crippen LogP contribution in [0.5, 0.6) is 5.75 Å². The highest BCUT2D eigenvalue weighted by atomic mass is 32.2. The lowest BCUT2D eigenvalue weighted by atomic mass is 10.00. The van der Waals surface area contributed by atoms with Gasteiger partial charge in [-0.15, -0.1) is 0 Å². The maximum absolute atomic E-state index is 13.2. The van der Waals surface area contributed by atoms with E-state index in [4.69, 9.17) is 9.72 Å². The van der Waals surface area contributed by atoms with Gasteiger partial charge in [-0.1, -0.05) is 37.3 Å². The Labute approximate surface area is 188 Å². The number of fused-ring (bicyclic) bond motifs is 2. The number of rotatable bonds is 7. The van der Waals surface area contributed by atoms with E-state index in [0.29, 0.717) is 12.0 Å². The number of para-hydroxylation sites is 1. The van der Waals surface area contributed by atoms with Gasteiger partial charge in [0.05, 0.1) is 29.6 Å². The predicted octanol–water partition coefficient (Wildman–Crippen LogP) is 3.89. The van der Waals surface area contributed by atoms with Crippen molar-refractivity contribution in [2.75, 3.05) is 25.2 Å². The molecule has 0 unspecified atom stereocenters. The number of nitrogens with one attached hydrogen (secondary N) is 1. The fourth-order valence-electron chi connectivity index (χ4n) is 3.99. The van der Waals surface area contributed by atoms with Crippen LogP contribution in [0, 0.1) is 0 Å². The van der Waals surface area contributed by atoms with Crippen molar-refractivity contribution < 1.29 is 17.9 Å². The van der Waals surface area contributed by atoms with E-state index in [9.17, 15) is 13.2 Å². The molecule has 32 heavy (non-hydrogen) atoms. The van der Waals surface area contributed by atoms with Crippen molar-refractivity contribution in [3.8, 4) is 5.75 Å². The van der Waals surface area contributed by atoms with Gasteiger partial charge in [0.2, 0.25) is 0 Å². The van der Waals surface area contributed by atoms with E-state index in [1.165, 1.54) is 0 Å². The van der Waals surface area contributed by atoms with Crippen molar-refractivity contribution in [1.82, 2.24) is 10.3 Å². The fourth-order valence-corrected chi connectivity index (χ4v) is 4.69. The molecule has 1 amide bonds. The minimum absolute atomic E-state index is 0.0654. The molecule has 0 saturated heterocycles. The number of carbonyl (C=O) groups is 1. The van der Waals surface area contributed by atoms with E-state index in [1.807, 2.05) is 48.5 Å². The van der Waals surface area contributed by atoms with Gasteiger partial charge in [-0.05, 0) is 53.8 Å². The van der Waals surface area contributed by atoms with Gasteiger partial charge in [0.25, 0.3) is 5.91 Å². The topological polar surface area (TPSA) is 85.4 Å². The molecule has 0 radical (unpaired) electrons. The Hall–Kier alpha value is -3.19. The van der Waals surface area contributed by atoms with Crippen LogP contribution < -0.4 is 10.1 Å². The average Bonchev–Trinajstić information content (AvgIpc) is 3.19. The molecule has 6 nitrogen and oxygen atoms in total. The van der Waals surface area contributed by atoms with Crippen LogP contribution in [0.1, 0.15) is 40.5 Å². The maximum Gasteiger partial charge on any atom is 0.252 e. The highest BCUT2D eigenvalue weighted by Crippen LogP contribution is 2.37. The summed E-state index contributed by atoms with van der Waals surface area (Å²) in [5.41, 5.74) is 5.22. The highest BCUT2D eigenvalue weighted by Gasteiger charge is 2.26. The van der Waals surface area contributed by atoms with E-state index < -0.39 is 9.84 Å². The van der Waals surface area contributed by atoms with Crippen LogP contribution in [0.4, 0.5) is 0 Å². The van der Waals surface area contributed by atoms with E-state index in [0.717, 1.165) is 45.5 Å². The van der Waals surface area contributed by atoms with Crippen molar-refractivity contribution in [2.45, 2.75) is 19.8 Å². The van der Waals surface area contributed by atoms with E-state index in [1.54, 1.807) is 14.0 Å². The number of amides is 1. The number of carbonyl (C=O) groups excluding carboxylic acids is 1. The molecule has 166 valence electrons. The van der Waals surface area contributed by atoms with Gasteiger partial charge < -0.3 is 10.1 Å². The Balaban J connectivity index is 1.71. The molecule has 1 aliphatic carbocycles. The summed E-state index contributed by atoms with van der Waals surface area (Å²) in [5, 5.41) is 3.59. The summed E-state index contributed by atoms with van der Waals surface area (Å²) in [5.74, 6) is 0.544. The molecule has 3 aromatic rings. The summed E-state index contributed by atoms with van der Waals surface area (Å²) in [7, 11) is -1.51. The third-order valence-electron chi connectivity index (χ3n) is 5.76. The summed E-state index contributed by atoms with van der Waals surface area (Å²) in [6, 6.07) is 15.4. The summed E-state index contributed by atoms with van der Waals surface area (Å²) >= 11 is 0. The van der Waals surface area contributed by atoms with Gasteiger partial charge in [0, 0.05) is 17.7 Å². The predicted molar refractivity (Wildman–Crippen MR) is 128 cm³/mol. The number of aromatic nitrogens is 1. The van der Waals surface area contributed by atoms with Crippen LogP contribution in [0.3, 0.4) is 0 Å². The zero-order chi connectivity index (χ0) is 22.7. The van der Waals surface area contributed by atoms with Crippen LogP contribution in [0.15, 0.2) is 48.5 Å². The fraction of sp³-hybridized carbons (Fsp3) is 0.280. The van der Waals surface area contributed by atoms with Crippen LogP contribution in [0.25, 0.3) is 22.6 Å². The number of hydrogen-bond acceptors (Lipinski definition) is 5. The largest absolute Gasteiger partial charge is 0.497 e. The van der Waals surface area contributed by atoms with Gasteiger partial charge in [0.15, 0.2) is 9.84 Å². The number of ether oxygens (including phenoxy) is 1. The number of benzene rings is 2. The Kier molecular flexibility index (Phi) is 6.28. The Morgan fingerprint density at radius 2 is 1.88 bits per heavy atom. The molecule has 0 aliphatic heterocycles. The molecule has 1 heterocycles. The smallest absolute Gasteiger partial charge is 0.252 e. The first-order valence-electron chi connectivity index (χ1n) is 10.7. The molecular formula is C25H26N2O4S. The van der Waals surface area contributed by atoms with Crippen LogP contribution in [-0.4, -0.2) is 44.5 Å². The second kappa shape index (κ2) is 9.12. The molecule has 2 aromatic carbocycles. The minimum atomic E-state index is -3.14. The molecule has 0 spiro atoms. The number of nitrogens with zero attached hydrogens (tertiary/aromatic N) is 1. The molecular weight excluding hydrogens is 424 g/mol. The first kappa shape index (κ1) is 22.0. The summed E-state index contributed by atoms with van der Waals surface area (Å²) in [6.07, 6.45) is 3.60. The zero-order valence-corrected chi connectivity index (χ0v) is 19.0. The Bertz CT molecular complexity index is 1300. The van der Waals surface area contributed by atoms with Crippen molar-refractivity contribution >= 4 is 38.3 Å². The van der Waals surface area contributed by atoms with E-state index in [2.05, 4.69) is 11.4 Å². The highest BCUT2D eigenvalue weighted by molar-refractivity contribution is 7.91. The molecule has 0 bridgehead atoms. The number of methoxy groups -OCH3 is 1. The molecule has 1 N–H and O–H groups in total. The molecule has 1 aromatic heterocycles. The first-order chi connectivity index (χ1) is 15.4. The van der Waals surface area contributed by atoms with Crippen molar-refractivity contribution in [2.24, 2.45) is 0 Å². The summed E-state index contributed by atoms with van der Waals surface area (Å²) in [4.78, 5) is 18.0. The number of hydrogen-bond donors (Lipinski definition) is 1. The molecule has 0 atom stereocenters. The Morgan fingerprint density at radius 3 is 2.59 bits per heavy atom. The standard InChI is InChI=1S/C25H26N2O4S/c1-3-32(29,30)15-14-26-25(28)23-20-6-4-5-7-22(20)27-24-18(10-13-21(23)24)16-17-8-11-19(31-2)12-9-17/h4-9,11-12,16H,3,10,13-15H2,1-2H3,(H,26,28)/b18-16-. The number of sulfone groups is 1. The minimum Gasteiger partial charge on any atom is -0.497 e. The second-order valence-corrected chi connectivity index (χ2v) is 10.2. The summed E-state index contributed by atoms with van der Waals surface area (Å²) in [6.45, 7) is 1.70. The van der Waals surface area contributed by atoms with Crippen molar-refractivity contribution in [3.63, 3.8) is 0 Å². The second-order valence-electron chi connectivity index (χ2n) is 7.77.